The van der Waals surface area contributed by atoms with E-state index in [9.17, 15) is 0 Å². The van der Waals surface area contributed by atoms with Gasteiger partial charge in [0.15, 0.2) is 5.82 Å². The van der Waals surface area contributed by atoms with Crippen LogP contribution in [0.1, 0.15) is 36.3 Å². The van der Waals surface area contributed by atoms with Gasteiger partial charge in [-0.1, -0.05) is 30.3 Å². The van der Waals surface area contributed by atoms with E-state index in [1.165, 1.54) is 18.4 Å². The molecule has 3 aromatic rings. The van der Waals surface area contributed by atoms with Crippen molar-refractivity contribution < 1.29 is 4.74 Å². The third-order valence-electron chi connectivity index (χ3n) is 5.20. The van der Waals surface area contributed by atoms with Crippen molar-refractivity contribution in [3.8, 4) is 0 Å². The van der Waals surface area contributed by atoms with E-state index >= 15 is 0 Å². The maximum Gasteiger partial charge on any atom is 0.151 e. The second kappa shape index (κ2) is 8.09. The molecule has 0 saturated heterocycles. The molecule has 1 fully saturated rings. The first-order valence-electron chi connectivity index (χ1n) is 9.94. The van der Waals surface area contributed by atoms with Crippen molar-refractivity contribution in [2.45, 2.75) is 45.6 Å². The fourth-order valence-electron chi connectivity index (χ4n) is 3.59. The molecule has 2 heterocycles. The van der Waals surface area contributed by atoms with Crippen LogP contribution in [0.15, 0.2) is 36.4 Å². The van der Waals surface area contributed by atoms with E-state index < -0.39 is 0 Å². The molecule has 0 bridgehead atoms. The molecule has 1 saturated carbocycles. The summed E-state index contributed by atoms with van der Waals surface area (Å²) in [5, 5.41) is 0. The van der Waals surface area contributed by atoms with Crippen molar-refractivity contribution in [3.05, 3.63) is 53.5 Å². The van der Waals surface area contributed by atoms with Gasteiger partial charge in [0.05, 0.1) is 12.1 Å². The zero-order valence-corrected chi connectivity index (χ0v) is 16.0. The summed E-state index contributed by atoms with van der Waals surface area (Å²) in [5.74, 6) is 2.44. The third kappa shape index (κ3) is 4.48. The van der Waals surface area contributed by atoms with Gasteiger partial charge in [-0.3, -0.25) is 0 Å². The Morgan fingerprint density at radius 3 is 2.74 bits per heavy atom. The number of nitrogens with two attached hydrogens (primary N) is 1. The van der Waals surface area contributed by atoms with Crippen molar-refractivity contribution in [2.75, 3.05) is 18.9 Å². The second-order valence-electron chi connectivity index (χ2n) is 7.55. The molecule has 0 aliphatic heterocycles. The van der Waals surface area contributed by atoms with Crippen LogP contribution in [0, 0.1) is 12.8 Å². The van der Waals surface area contributed by atoms with Crippen LogP contribution in [0.2, 0.25) is 0 Å². The number of fused-ring (bicyclic) bond motifs is 1. The molecule has 27 heavy (non-hydrogen) atoms. The average molecular weight is 364 g/mol. The van der Waals surface area contributed by atoms with Gasteiger partial charge in [0.2, 0.25) is 0 Å². The van der Waals surface area contributed by atoms with Crippen molar-refractivity contribution in [3.63, 3.8) is 0 Å². The predicted molar refractivity (Wildman–Crippen MR) is 109 cm³/mol. The Labute approximate surface area is 160 Å². The van der Waals surface area contributed by atoms with Crippen molar-refractivity contribution >= 4 is 16.9 Å². The van der Waals surface area contributed by atoms with Crippen molar-refractivity contribution in [1.29, 1.82) is 0 Å². The minimum Gasteiger partial charge on any atom is -0.382 e. The number of anilines is 1. The molecule has 0 atom stereocenters. The fraction of sp³-hybridized carbons (Fsp3) is 0.455. The molecule has 1 aliphatic rings. The molecular weight excluding hydrogens is 336 g/mol. The highest BCUT2D eigenvalue weighted by molar-refractivity contribution is 5.85. The van der Waals surface area contributed by atoms with Gasteiger partial charge in [-0.2, -0.15) is 0 Å². The van der Waals surface area contributed by atoms with Crippen LogP contribution in [-0.4, -0.2) is 27.7 Å². The van der Waals surface area contributed by atoms with Gasteiger partial charge in [0.25, 0.3) is 0 Å². The molecule has 1 aliphatic carbocycles. The SMILES string of the molecule is Cc1cc2c(nc(CC3CC3)n2CCOCCCc2ccccc2)c(N)n1. The summed E-state index contributed by atoms with van der Waals surface area (Å²) in [6, 6.07) is 12.7. The normalized spacial score (nSPS) is 14.1. The molecule has 0 radical (unpaired) electrons. The van der Waals surface area contributed by atoms with E-state index in [0.717, 1.165) is 60.9 Å². The number of aryl methyl sites for hydroxylation is 2. The number of benzene rings is 1. The minimum atomic E-state index is 0.532. The fourth-order valence-corrected chi connectivity index (χ4v) is 3.59. The summed E-state index contributed by atoms with van der Waals surface area (Å²) < 4.78 is 8.21. The zero-order valence-electron chi connectivity index (χ0n) is 16.0. The van der Waals surface area contributed by atoms with Crippen molar-refractivity contribution in [1.82, 2.24) is 14.5 Å². The predicted octanol–water partition coefficient (Wildman–Crippen LogP) is 3.92. The molecule has 1 aromatic carbocycles. The summed E-state index contributed by atoms with van der Waals surface area (Å²) >= 11 is 0. The Morgan fingerprint density at radius 1 is 1.15 bits per heavy atom. The van der Waals surface area contributed by atoms with Gasteiger partial charge < -0.3 is 15.0 Å². The Kier molecular flexibility index (Phi) is 5.39. The van der Waals surface area contributed by atoms with Crippen LogP contribution in [-0.2, 0) is 24.1 Å². The lowest BCUT2D eigenvalue weighted by Crippen LogP contribution is -2.11. The highest BCUT2D eigenvalue weighted by Gasteiger charge is 2.25. The first-order chi connectivity index (χ1) is 13.2. The zero-order chi connectivity index (χ0) is 18.6. The van der Waals surface area contributed by atoms with E-state index in [1.54, 1.807) is 0 Å². The first-order valence-corrected chi connectivity index (χ1v) is 9.94. The van der Waals surface area contributed by atoms with Crippen LogP contribution >= 0.6 is 0 Å². The lowest BCUT2D eigenvalue weighted by atomic mass is 10.1. The van der Waals surface area contributed by atoms with Gasteiger partial charge in [0.1, 0.15) is 11.3 Å². The quantitative estimate of drug-likeness (QED) is 0.584. The second-order valence-corrected chi connectivity index (χ2v) is 7.55. The van der Waals surface area contributed by atoms with Crippen LogP contribution in [0.3, 0.4) is 0 Å². The molecule has 0 spiro atoms. The van der Waals surface area contributed by atoms with Crippen LogP contribution in [0.5, 0.6) is 0 Å². The van der Waals surface area contributed by atoms with Crippen LogP contribution in [0.25, 0.3) is 11.0 Å². The maximum absolute atomic E-state index is 6.12. The van der Waals surface area contributed by atoms with Crippen LogP contribution in [0.4, 0.5) is 5.82 Å². The minimum absolute atomic E-state index is 0.532. The number of nitrogen functional groups attached to an aromatic ring is 1. The van der Waals surface area contributed by atoms with Gasteiger partial charge in [-0.25, -0.2) is 9.97 Å². The van der Waals surface area contributed by atoms with Crippen LogP contribution < -0.4 is 5.73 Å². The molecule has 142 valence electrons. The lowest BCUT2D eigenvalue weighted by Gasteiger charge is -2.10. The number of ether oxygens (including phenoxy) is 1. The summed E-state index contributed by atoms with van der Waals surface area (Å²) in [7, 11) is 0. The first kappa shape index (κ1) is 18.0. The Hall–Kier alpha value is -2.40. The smallest absolute Gasteiger partial charge is 0.151 e. The lowest BCUT2D eigenvalue weighted by molar-refractivity contribution is 0.124. The molecule has 0 unspecified atom stereocenters. The topological polar surface area (TPSA) is 66.0 Å². The highest BCUT2D eigenvalue weighted by atomic mass is 16.5. The molecule has 2 aromatic heterocycles. The third-order valence-corrected chi connectivity index (χ3v) is 5.20. The Balaban J connectivity index is 1.37. The van der Waals surface area contributed by atoms with Gasteiger partial charge in [-0.15, -0.1) is 0 Å². The van der Waals surface area contributed by atoms with E-state index in [-0.39, 0.29) is 0 Å². The van der Waals surface area contributed by atoms with Gasteiger partial charge >= 0.3 is 0 Å². The summed E-state index contributed by atoms with van der Waals surface area (Å²) in [5.41, 5.74) is 10.3. The standard InChI is InChI=1S/C22H28N4O/c1-16-14-19-21(22(23)24-16)25-20(15-18-9-10-18)26(19)11-13-27-12-5-8-17-6-3-2-4-7-17/h2-4,6-7,14,18H,5,8-13,15H2,1H3,(H2,23,24). The number of imidazole rings is 1. The summed E-state index contributed by atoms with van der Waals surface area (Å²) in [4.78, 5) is 9.18. The number of aromatic nitrogens is 3. The molecule has 0 amide bonds. The maximum atomic E-state index is 6.12. The number of nitrogens with zero attached hydrogens (tertiary/aromatic N) is 3. The van der Waals surface area contributed by atoms with Gasteiger partial charge in [0, 0.05) is 25.3 Å². The van der Waals surface area contributed by atoms with E-state index in [0.29, 0.717) is 12.4 Å². The number of pyridine rings is 1. The summed E-state index contributed by atoms with van der Waals surface area (Å²) in [6.45, 7) is 4.27. The molecule has 5 heteroatoms. The van der Waals surface area contributed by atoms with Crippen molar-refractivity contribution in [2.24, 2.45) is 5.92 Å². The number of rotatable bonds is 9. The molecule has 2 N–H and O–H groups in total. The number of hydrogen-bond donors (Lipinski definition) is 1. The molecule has 5 nitrogen and oxygen atoms in total. The van der Waals surface area contributed by atoms with E-state index in [4.69, 9.17) is 15.5 Å². The Morgan fingerprint density at radius 2 is 1.96 bits per heavy atom. The van der Waals surface area contributed by atoms with E-state index in [1.807, 2.05) is 6.92 Å². The summed E-state index contributed by atoms with van der Waals surface area (Å²) in [6.07, 6.45) is 5.75. The monoisotopic (exact) mass is 364 g/mol. The highest BCUT2D eigenvalue weighted by Crippen LogP contribution is 2.33. The average Bonchev–Trinajstić information content (AvgIpc) is 3.41. The van der Waals surface area contributed by atoms with E-state index in [2.05, 4.69) is 45.9 Å². The molecule has 4 rings (SSSR count). The number of hydrogen-bond acceptors (Lipinski definition) is 4. The Bertz CT molecular complexity index is 900. The largest absolute Gasteiger partial charge is 0.382 e. The van der Waals surface area contributed by atoms with Gasteiger partial charge in [-0.05, 0) is 50.2 Å². The molecular formula is C22H28N4O.